The highest BCUT2D eigenvalue weighted by molar-refractivity contribution is 4.91. The Bertz CT molecular complexity index is 840. The van der Waals surface area contributed by atoms with E-state index in [4.69, 9.17) is 42.6 Å². The first-order valence-corrected chi connectivity index (χ1v) is 16.9. The Balaban J connectivity index is 1.64. The summed E-state index contributed by atoms with van der Waals surface area (Å²) in [4.78, 5) is 0. The lowest BCUT2D eigenvalue weighted by molar-refractivity contribution is -0.307. The first-order valence-electron chi connectivity index (χ1n) is 16.9. The average molecular weight is 734 g/mol. The molecule has 19 nitrogen and oxygen atoms in total. The van der Waals surface area contributed by atoms with Gasteiger partial charge >= 0.3 is 0 Å². The van der Waals surface area contributed by atoms with Gasteiger partial charge in [0, 0.05) is 23.8 Å². The van der Waals surface area contributed by atoms with Gasteiger partial charge in [-0.3, -0.25) is 0 Å². The molecule has 3 saturated heterocycles. The van der Waals surface area contributed by atoms with Crippen LogP contribution in [0.2, 0.25) is 0 Å². The van der Waals surface area contributed by atoms with E-state index in [1.165, 1.54) is 0 Å². The third kappa shape index (κ3) is 11.4. The van der Waals surface area contributed by atoms with Crippen molar-refractivity contribution < 1.29 is 88.6 Å². The van der Waals surface area contributed by atoms with Crippen LogP contribution in [0.5, 0.6) is 0 Å². The van der Waals surface area contributed by atoms with Gasteiger partial charge in [-0.1, -0.05) is 34.6 Å². The van der Waals surface area contributed by atoms with E-state index in [0.29, 0.717) is 0 Å². The quantitative estimate of drug-likeness (QED) is 0.0421. The molecule has 296 valence electrons. The minimum Gasteiger partial charge on any atom is -0.394 e. The van der Waals surface area contributed by atoms with Gasteiger partial charge < -0.3 is 93.9 Å². The summed E-state index contributed by atoms with van der Waals surface area (Å²) in [5.74, 6) is -1.92. The minimum absolute atomic E-state index is 0.0808. The third-order valence-corrected chi connectivity index (χ3v) is 9.24. The van der Waals surface area contributed by atoms with Gasteiger partial charge in [0.25, 0.3) is 0 Å². The molecule has 0 aromatic rings. The van der Waals surface area contributed by atoms with Gasteiger partial charge in [-0.15, -0.1) is 0 Å². The molecule has 3 aliphatic heterocycles. The van der Waals surface area contributed by atoms with Crippen LogP contribution in [0.15, 0.2) is 0 Å². The summed E-state index contributed by atoms with van der Waals surface area (Å²) in [5.41, 5.74) is -1.09. The molecular weight excluding hydrogens is 674 g/mol. The van der Waals surface area contributed by atoms with E-state index in [9.17, 15) is 46.0 Å². The summed E-state index contributed by atoms with van der Waals surface area (Å²) >= 11 is 0. The van der Waals surface area contributed by atoms with Gasteiger partial charge in [0.15, 0.2) is 18.9 Å². The van der Waals surface area contributed by atoms with E-state index in [0.717, 1.165) is 0 Å². The van der Waals surface area contributed by atoms with Crippen LogP contribution in [0, 0.1) is 17.8 Å². The lowest BCUT2D eigenvalue weighted by Crippen LogP contribution is -2.59. The van der Waals surface area contributed by atoms with Gasteiger partial charge in [0.1, 0.15) is 57.0 Å². The van der Waals surface area contributed by atoms with Gasteiger partial charge in [-0.2, -0.15) is 0 Å². The number of hydrogen-bond acceptors (Lipinski definition) is 19. The Hall–Kier alpha value is -0.760. The first-order chi connectivity index (χ1) is 23.7. The molecule has 3 rings (SSSR count). The maximum atomic E-state index is 10.4. The Kier molecular flexibility index (Phi) is 18.0. The molecule has 15 atom stereocenters. The van der Waals surface area contributed by atoms with Crippen molar-refractivity contribution in [1.29, 1.82) is 0 Å². The number of hydrogen-bond donors (Lipinski definition) is 10. The van der Waals surface area contributed by atoms with E-state index < -0.39 is 117 Å². The van der Waals surface area contributed by atoms with Gasteiger partial charge in [0.05, 0.1) is 63.5 Å². The number of ether oxygens (including phenoxy) is 9. The fourth-order valence-electron chi connectivity index (χ4n) is 6.15. The highest BCUT2D eigenvalue weighted by Crippen LogP contribution is 2.29. The van der Waals surface area contributed by atoms with Crippen LogP contribution in [0.3, 0.4) is 0 Å². The second kappa shape index (κ2) is 20.6. The third-order valence-electron chi connectivity index (χ3n) is 9.24. The van der Waals surface area contributed by atoms with Crippen molar-refractivity contribution in [3.63, 3.8) is 0 Å². The zero-order chi connectivity index (χ0) is 37.2. The van der Waals surface area contributed by atoms with Crippen LogP contribution in [0.4, 0.5) is 0 Å². The number of nitrogens with one attached hydrogen (secondary N) is 1. The van der Waals surface area contributed by atoms with Crippen molar-refractivity contribution in [2.24, 2.45) is 17.8 Å². The Morgan fingerprint density at radius 3 is 1.04 bits per heavy atom. The number of aliphatic hydroxyl groups excluding tert-OH is 9. The molecule has 0 bridgehead atoms. The summed E-state index contributed by atoms with van der Waals surface area (Å²) < 4.78 is 51.6. The molecule has 0 radical (unpaired) electrons. The molecule has 0 aromatic carbocycles. The SMILES string of the molecule is CC(C)NC(COCO[C@@H]1OC(CO)[C@H](O)C(O)[C@@H]1C)(COCO[C@@H]1OC(CO)[C@H](O)C(O)[C@@H]1C)COCO[C@@H]1OC(CO)[C@H](O)C(O)[C@@H]1C. The van der Waals surface area contributed by atoms with Crippen molar-refractivity contribution >= 4 is 0 Å². The van der Waals surface area contributed by atoms with Crippen molar-refractivity contribution in [3.8, 4) is 0 Å². The molecule has 0 amide bonds. The normalized spacial score (nSPS) is 41.0. The molecule has 0 saturated carbocycles. The van der Waals surface area contributed by atoms with Crippen LogP contribution < -0.4 is 5.32 Å². The predicted molar refractivity (Wildman–Crippen MR) is 167 cm³/mol. The first kappa shape index (κ1) is 43.6. The van der Waals surface area contributed by atoms with Crippen LogP contribution in [0.1, 0.15) is 34.6 Å². The summed E-state index contributed by atoms with van der Waals surface area (Å²) in [7, 11) is 0. The lowest BCUT2D eigenvalue weighted by atomic mass is 9.92. The largest absolute Gasteiger partial charge is 0.394 e. The monoisotopic (exact) mass is 733 g/mol. The summed E-state index contributed by atoms with van der Waals surface area (Å²) in [6.45, 7) is 5.85. The fourth-order valence-corrected chi connectivity index (χ4v) is 6.15. The zero-order valence-electron chi connectivity index (χ0n) is 29.3. The number of rotatable bonds is 20. The molecule has 10 N–H and O–H groups in total. The number of aliphatic hydroxyl groups is 9. The van der Waals surface area contributed by atoms with E-state index in [-0.39, 0.29) is 46.2 Å². The molecule has 0 spiro atoms. The maximum absolute atomic E-state index is 10.4. The van der Waals surface area contributed by atoms with E-state index >= 15 is 0 Å². The molecule has 50 heavy (non-hydrogen) atoms. The van der Waals surface area contributed by atoms with E-state index in [1.807, 2.05) is 13.8 Å². The molecule has 3 heterocycles. The van der Waals surface area contributed by atoms with Crippen molar-refractivity contribution in [1.82, 2.24) is 5.32 Å². The summed E-state index contributed by atoms with van der Waals surface area (Å²) in [6, 6.07) is -0.135. The molecule has 3 aliphatic rings. The molecule has 0 aromatic heterocycles. The van der Waals surface area contributed by atoms with Crippen molar-refractivity contribution in [3.05, 3.63) is 0 Å². The van der Waals surface area contributed by atoms with Gasteiger partial charge in [-0.25, -0.2) is 0 Å². The topological polar surface area (TPSA) is 277 Å². The molecular formula is C31H59NO18. The van der Waals surface area contributed by atoms with Crippen molar-refractivity contribution in [2.45, 2.75) is 120 Å². The highest BCUT2D eigenvalue weighted by Gasteiger charge is 2.45. The van der Waals surface area contributed by atoms with Gasteiger partial charge in [-0.05, 0) is 0 Å². The second-order valence-corrected chi connectivity index (χ2v) is 13.7. The van der Waals surface area contributed by atoms with Crippen LogP contribution >= 0.6 is 0 Å². The van der Waals surface area contributed by atoms with E-state index in [2.05, 4.69) is 5.32 Å². The maximum Gasteiger partial charge on any atom is 0.166 e. The lowest BCUT2D eigenvalue weighted by Gasteiger charge is -2.41. The Morgan fingerprint density at radius 1 is 0.520 bits per heavy atom. The molecule has 3 fully saturated rings. The standard InChI is InChI=1S/C31H59NO18/c1-15(2)32-31(9-42-12-45-28-16(3)22(36)25(39)19(6-33)48-28,10-43-13-46-29-17(4)23(37)26(40)20(7-34)49-29)11-44-14-47-30-18(5)24(38)27(41)21(8-35)50-30/h15-30,32-41H,6-14H2,1-5H3/t16-,17-,18-,19?,20?,21?,22?,23?,24?,25-,26-,27-,28+,29+,30+,31?/m0/s1. The highest BCUT2D eigenvalue weighted by atomic mass is 16.8. The smallest absolute Gasteiger partial charge is 0.166 e. The van der Waals surface area contributed by atoms with Gasteiger partial charge in [0.2, 0.25) is 0 Å². The van der Waals surface area contributed by atoms with Crippen LogP contribution in [-0.4, -0.2) is 191 Å². The Labute approximate surface area is 291 Å². The molecule has 19 heteroatoms. The molecule has 0 aliphatic carbocycles. The molecule has 6 unspecified atom stereocenters. The summed E-state index contributed by atoms with van der Waals surface area (Å²) in [6.07, 6.45) is -13.6. The predicted octanol–water partition coefficient (Wildman–Crippen LogP) is -4.08. The fraction of sp³-hybridized carbons (Fsp3) is 1.00. The van der Waals surface area contributed by atoms with E-state index in [1.54, 1.807) is 20.8 Å². The zero-order valence-corrected chi connectivity index (χ0v) is 29.3. The van der Waals surface area contributed by atoms with Crippen molar-refractivity contribution in [2.75, 3.05) is 60.0 Å². The summed E-state index contributed by atoms with van der Waals surface area (Å²) in [5, 5.41) is 93.4. The minimum atomic E-state index is -1.29. The Morgan fingerprint density at radius 2 is 0.800 bits per heavy atom. The second-order valence-electron chi connectivity index (χ2n) is 13.7. The van der Waals surface area contributed by atoms with Crippen LogP contribution in [0.25, 0.3) is 0 Å². The van der Waals surface area contributed by atoms with Crippen LogP contribution in [-0.2, 0) is 42.6 Å². The average Bonchev–Trinajstić information content (AvgIpc) is 3.09.